The first-order chi connectivity index (χ1) is 8.16. The van der Waals surface area contributed by atoms with Crippen molar-refractivity contribution in [3.8, 4) is 0 Å². The summed E-state index contributed by atoms with van der Waals surface area (Å²) in [6, 6.07) is 1.57. The summed E-state index contributed by atoms with van der Waals surface area (Å²) in [4.78, 5) is 8.24. The third-order valence-corrected chi connectivity index (χ3v) is 3.64. The summed E-state index contributed by atoms with van der Waals surface area (Å²) in [5, 5.41) is 6.15. The van der Waals surface area contributed by atoms with Crippen molar-refractivity contribution in [2.75, 3.05) is 11.9 Å². The Labute approximate surface area is 118 Å². The lowest BCUT2D eigenvalue weighted by Crippen LogP contribution is -2.07. The molecule has 3 nitrogen and oxygen atoms in total. The number of nitrogens with zero attached hydrogens (tertiary/aromatic N) is 2. The number of anilines is 1. The zero-order valence-electron chi connectivity index (χ0n) is 8.58. The maximum Gasteiger partial charge on any atom is 0.150 e. The molecule has 0 unspecified atom stereocenters. The topological polar surface area (TPSA) is 37.8 Å². The van der Waals surface area contributed by atoms with E-state index in [1.54, 1.807) is 22.9 Å². The second-order valence-corrected chi connectivity index (χ2v) is 5.14. The van der Waals surface area contributed by atoms with Crippen LogP contribution in [-0.4, -0.2) is 16.5 Å². The van der Waals surface area contributed by atoms with Gasteiger partial charge < -0.3 is 5.32 Å². The largest absolute Gasteiger partial charge is 0.368 e. The van der Waals surface area contributed by atoms with Crippen molar-refractivity contribution in [3.63, 3.8) is 0 Å². The Kier molecular flexibility index (Phi) is 4.45. The summed E-state index contributed by atoms with van der Waals surface area (Å²) in [5.74, 6) is 0.538. The zero-order valence-corrected chi connectivity index (χ0v) is 11.7. The van der Waals surface area contributed by atoms with E-state index < -0.39 is 0 Å². The first-order valence-corrected chi connectivity index (χ1v) is 6.87. The second-order valence-electron chi connectivity index (χ2n) is 3.25. The summed E-state index contributed by atoms with van der Waals surface area (Å²) in [5.41, 5.74) is 2.85. The minimum Gasteiger partial charge on any atom is -0.368 e. The first kappa shape index (κ1) is 12.9. The molecule has 2 aromatic rings. The molecule has 17 heavy (non-hydrogen) atoms. The predicted molar refractivity (Wildman–Crippen MR) is 73.6 cm³/mol. The van der Waals surface area contributed by atoms with Crippen LogP contribution in [0.4, 0.5) is 5.82 Å². The molecule has 0 aromatic carbocycles. The first-order valence-electron chi connectivity index (χ1n) is 4.79. The molecule has 2 aromatic heterocycles. The summed E-state index contributed by atoms with van der Waals surface area (Å²) in [6.45, 7) is 0.689. The van der Waals surface area contributed by atoms with Crippen molar-refractivity contribution < 1.29 is 0 Å². The quantitative estimate of drug-likeness (QED) is 0.862. The highest BCUT2D eigenvalue weighted by Gasteiger charge is 2.07. The van der Waals surface area contributed by atoms with Gasteiger partial charge in [0, 0.05) is 18.3 Å². The number of rotatable bonds is 4. The Balaban J connectivity index is 1.97. The van der Waals surface area contributed by atoms with Gasteiger partial charge in [-0.3, -0.25) is 0 Å². The number of halogens is 3. The maximum absolute atomic E-state index is 5.98. The molecule has 2 rings (SSSR count). The fraction of sp³-hybridized carbons (Fsp3) is 0.200. The third-order valence-electron chi connectivity index (χ3n) is 2.04. The maximum atomic E-state index is 5.98. The van der Waals surface area contributed by atoms with Crippen LogP contribution in [0.1, 0.15) is 5.69 Å². The van der Waals surface area contributed by atoms with Crippen LogP contribution < -0.4 is 5.32 Å². The van der Waals surface area contributed by atoms with E-state index in [1.165, 1.54) is 0 Å². The standard InChI is InChI=1S/C10H8Cl3N3S/c11-7-3-8(12)10(16-9(7)13)14-2-1-6-4-17-5-15-6/h3-5H,1-2H2,(H,14,16). The van der Waals surface area contributed by atoms with Crippen LogP contribution in [0.25, 0.3) is 0 Å². The highest BCUT2D eigenvalue weighted by Crippen LogP contribution is 2.28. The van der Waals surface area contributed by atoms with E-state index in [0.29, 0.717) is 22.4 Å². The summed E-state index contributed by atoms with van der Waals surface area (Å²) < 4.78 is 0. The Bertz CT molecular complexity index is 502. The summed E-state index contributed by atoms with van der Waals surface area (Å²) in [7, 11) is 0. The molecule has 0 bridgehead atoms. The number of hydrogen-bond donors (Lipinski definition) is 1. The predicted octanol–water partition coefficient (Wildman–Crippen LogP) is 4.15. The van der Waals surface area contributed by atoms with E-state index in [0.717, 1.165) is 12.1 Å². The van der Waals surface area contributed by atoms with Crippen molar-refractivity contribution >= 4 is 52.0 Å². The van der Waals surface area contributed by atoms with Crippen molar-refractivity contribution in [1.82, 2.24) is 9.97 Å². The van der Waals surface area contributed by atoms with Crippen LogP contribution in [0.3, 0.4) is 0 Å². The molecular weight excluding hydrogens is 301 g/mol. The SMILES string of the molecule is Clc1cc(Cl)c(NCCc2cscn2)nc1Cl. The van der Waals surface area contributed by atoms with Crippen LogP contribution in [0.2, 0.25) is 15.2 Å². The minimum absolute atomic E-state index is 0.243. The summed E-state index contributed by atoms with van der Waals surface area (Å²) in [6.07, 6.45) is 0.807. The Hall–Kier alpha value is -0.550. The molecule has 7 heteroatoms. The average Bonchev–Trinajstić information content (AvgIpc) is 2.78. The molecule has 0 fully saturated rings. The number of aromatic nitrogens is 2. The van der Waals surface area contributed by atoms with E-state index >= 15 is 0 Å². The van der Waals surface area contributed by atoms with Gasteiger partial charge in [0.1, 0.15) is 11.0 Å². The Morgan fingerprint density at radius 3 is 2.76 bits per heavy atom. The molecule has 0 atom stereocenters. The second kappa shape index (κ2) is 5.87. The molecule has 0 spiro atoms. The molecule has 1 N–H and O–H groups in total. The van der Waals surface area contributed by atoms with Gasteiger partial charge in [0.05, 0.1) is 21.2 Å². The lowest BCUT2D eigenvalue weighted by atomic mass is 10.3. The molecule has 0 aliphatic heterocycles. The van der Waals surface area contributed by atoms with Gasteiger partial charge in [-0.15, -0.1) is 11.3 Å². The number of nitrogens with one attached hydrogen (secondary N) is 1. The molecular formula is C10H8Cl3N3S. The molecule has 90 valence electrons. The van der Waals surface area contributed by atoms with E-state index in [1.807, 2.05) is 5.38 Å². The zero-order chi connectivity index (χ0) is 12.3. The van der Waals surface area contributed by atoms with Gasteiger partial charge in [0.2, 0.25) is 0 Å². The molecule has 0 radical (unpaired) electrons. The normalized spacial score (nSPS) is 10.5. The van der Waals surface area contributed by atoms with Gasteiger partial charge in [0.25, 0.3) is 0 Å². The number of thiazole rings is 1. The van der Waals surface area contributed by atoms with Crippen LogP contribution >= 0.6 is 46.1 Å². The summed E-state index contributed by atoms with van der Waals surface area (Å²) >= 11 is 19.2. The fourth-order valence-corrected chi connectivity index (χ4v) is 2.40. The van der Waals surface area contributed by atoms with Crippen LogP contribution in [-0.2, 0) is 6.42 Å². The molecule has 0 amide bonds. The van der Waals surface area contributed by atoms with E-state index in [4.69, 9.17) is 34.8 Å². The average molecular weight is 309 g/mol. The number of pyridine rings is 1. The van der Waals surface area contributed by atoms with Crippen molar-refractivity contribution in [3.05, 3.63) is 37.8 Å². The highest BCUT2D eigenvalue weighted by atomic mass is 35.5. The molecule has 2 heterocycles. The van der Waals surface area contributed by atoms with E-state index in [2.05, 4.69) is 15.3 Å². The van der Waals surface area contributed by atoms with Gasteiger partial charge in [0.15, 0.2) is 0 Å². The monoisotopic (exact) mass is 307 g/mol. The number of hydrogen-bond acceptors (Lipinski definition) is 4. The highest BCUT2D eigenvalue weighted by molar-refractivity contribution is 7.07. The lowest BCUT2D eigenvalue weighted by molar-refractivity contribution is 0.968. The van der Waals surface area contributed by atoms with Crippen LogP contribution in [0.15, 0.2) is 17.0 Å². The van der Waals surface area contributed by atoms with Crippen LogP contribution in [0.5, 0.6) is 0 Å². The molecule has 0 saturated heterocycles. The van der Waals surface area contributed by atoms with Crippen molar-refractivity contribution in [2.24, 2.45) is 0 Å². The minimum atomic E-state index is 0.243. The Morgan fingerprint density at radius 1 is 1.24 bits per heavy atom. The lowest BCUT2D eigenvalue weighted by Gasteiger charge is -2.07. The molecule has 0 aliphatic carbocycles. The fourth-order valence-electron chi connectivity index (χ4n) is 1.24. The van der Waals surface area contributed by atoms with E-state index in [-0.39, 0.29) is 5.15 Å². The van der Waals surface area contributed by atoms with Gasteiger partial charge in [-0.25, -0.2) is 9.97 Å². The smallest absolute Gasteiger partial charge is 0.150 e. The third kappa shape index (κ3) is 3.45. The molecule has 0 saturated carbocycles. The van der Waals surface area contributed by atoms with Gasteiger partial charge in [-0.1, -0.05) is 34.8 Å². The van der Waals surface area contributed by atoms with Gasteiger partial charge in [-0.2, -0.15) is 0 Å². The van der Waals surface area contributed by atoms with Crippen LogP contribution in [0, 0.1) is 0 Å². The van der Waals surface area contributed by atoms with Crippen molar-refractivity contribution in [1.29, 1.82) is 0 Å². The molecule has 0 aliphatic rings. The van der Waals surface area contributed by atoms with Gasteiger partial charge >= 0.3 is 0 Å². The van der Waals surface area contributed by atoms with Gasteiger partial charge in [-0.05, 0) is 6.07 Å². The Morgan fingerprint density at radius 2 is 2.06 bits per heavy atom. The van der Waals surface area contributed by atoms with E-state index in [9.17, 15) is 0 Å². The van der Waals surface area contributed by atoms with Crippen molar-refractivity contribution in [2.45, 2.75) is 6.42 Å².